The highest BCUT2D eigenvalue weighted by Gasteiger charge is 2.33. The van der Waals surface area contributed by atoms with Gasteiger partial charge in [0.1, 0.15) is 34.3 Å². The number of hydrogen-bond acceptors (Lipinski definition) is 8. The van der Waals surface area contributed by atoms with E-state index >= 15 is 0 Å². The van der Waals surface area contributed by atoms with E-state index in [4.69, 9.17) is 9.47 Å². The summed E-state index contributed by atoms with van der Waals surface area (Å²) in [6, 6.07) is 12.3. The molecule has 0 bridgehead atoms. The number of esters is 2. The number of ether oxygens (including phenoxy) is 4. The average molecular weight is 688 g/mol. The summed E-state index contributed by atoms with van der Waals surface area (Å²) in [6.07, 6.45) is -2.57. The van der Waals surface area contributed by atoms with E-state index in [-0.39, 0.29) is 28.9 Å². The van der Waals surface area contributed by atoms with Crippen LogP contribution < -0.4 is 9.47 Å². The summed E-state index contributed by atoms with van der Waals surface area (Å²) >= 11 is 2.03. The van der Waals surface area contributed by atoms with E-state index in [1.165, 1.54) is 43.5 Å². The fourth-order valence-corrected chi connectivity index (χ4v) is 3.39. The number of halogens is 6. The number of benzene rings is 2. The van der Waals surface area contributed by atoms with E-state index in [1.54, 1.807) is 12.3 Å². The number of carbonyl (C=O) groups excluding carboxylic acids is 2. The van der Waals surface area contributed by atoms with Gasteiger partial charge in [0.2, 0.25) is 11.8 Å². The van der Waals surface area contributed by atoms with Crippen LogP contribution in [0.4, 0.5) is 22.0 Å². The monoisotopic (exact) mass is 688 g/mol. The van der Waals surface area contributed by atoms with Crippen molar-refractivity contribution < 1.29 is 50.5 Å². The Morgan fingerprint density at radius 3 is 1.54 bits per heavy atom. The molecule has 0 amide bonds. The predicted molar refractivity (Wildman–Crippen MR) is 142 cm³/mol. The highest BCUT2D eigenvalue weighted by atomic mass is 127. The van der Waals surface area contributed by atoms with Crippen molar-refractivity contribution in [1.82, 2.24) is 9.97 Å². The second-order valence-corrected chi connectivity index (χ2v) is 8.92. The van der Waals surface area contributed by atoms with Crippen LogP contribution in [-0.2, 0) is 15.7 Å². The van der Waals surface area contributed by atoms with E-state index in [1.807, 2.05) is 22.6 Å². The quantitative estimate of drug-likeness (QED) is 0.119. The van der Waals surface area contributed by atoms with Gasteiger partial charge in [-0.3, -0.25) is 0 Å². The lowest BCUT2D eigenvalue weighted by Crippen LogP contribution is -2.11. The number of pyridine rings is 2. The molecule has 2 heterocycles. The SMILES string of the molecule is COC(=O)c1cc(C(F)(F)F)cnc1Oc1ccc(F)cc1.COC(=O)c1cc(I)cnc1Oc1ccc(F)cc1. The number of rotatable bonds is 6. The smallest absolute Gasteiger partial charge is 0.417 e. The highest BCUT2D eigenvalue weighted by Crippen LogP contribution is 2.33. The summed E-state index contributed by atoms with van der Waals surface area (Å²) < 4.78 is 84.1. The van der Waals surface area contributed by atoms with Crippen molar-refractivity contribution in [1.29, 1.82) is 0 Å². The molecule has 0 saturated heterocycles. The van der Waals surface area contributed by atoms with Crippen molar-refractivity contribution in [3.05, 3.63) is 105 Å². The minimum absolute atomic E-state index is 0.110. The molecule has 4 aromatic rings. The number of methoxy groups -OCH3 is 2. The first-order valence-corrected chi connectivity index (χ1v) is 12.3. The first-order valence-electron chi connectivity index (χ1n) is 11.2. The number of nitrogens with zero attached hydrogens (tertiary/aromatic N) is 2. The van der Waals surface area contributed by atoms with E-state index in [2.05, 4.69) is 19.4 Å². The molecule has 2 aromatic heterocycles. The van der Waals surface area contributed by atoms with Crippen molar-refractivity contribution >= 4 is 34.5 Å². The first-order chi connectivity index (χ1) is 19.4. The van der Waals surface area contributed by atoms with Crippen molar-refractivity contribution in [2.75, 3.05) is 14.2 Å². The molecule has 0 aliphatic carbocycles. The van der Waals surface area contributed by atoms with Crippen molar-refractivity contribution in [3.8, 4) is 23.3 Å². The molecule has 0 unspecified atom stereocenters. The molecule has 2 aromatic carbocycles. The van der Waals surface area contributed by atoms with Gasteiger partial charge < -0.3 is 18.9 Å². The maximum absolute atomic E-state index is 12.8. The highest BCUT2D eigenvalue weighted by molar-refractivity contribution is 14.1. The topological polar surface area (TPSA) is 96.8 Å². The lowest BCUT2D eigenvalue weighted by Gasteiger charge is -2.12. The number of aromatic nitrogens is 2. The number of alkyl halides is 3. The van der Waals surface area contributed by atoms with Crippen molar-refractivity contribution in [3.63, 3.8) is 0 Å². The van der Waals surface area contributed by atoms with E-state index in [0.29, 0.717) is 18.0 Å². The maximum Gasteiger partial charge on any atom is 0.417 e. The fourth-order valence-electron chi connectivity index (χ4n) is 2.94. The number of hydrogen-bond donors (Lipinski definition) is 0. The van der Waals surface area contributed by atoms with Gasteiger partial charge in [0, 0.05) is 16.0 Å². The lowest BCUT2D eigenvalue weighted by atomic mass is 10.2. The summed E-state index contributed by atoms with van der Waals surface area (Å²) in [6.45, 7) is 0. The Bertz CT molecular complexity index is 1520. The van der Waals surface area contributed by atoms with E-state index < -0.39 is 35.1 Å². The third-order valence-corrected chi connectivity index (χ3v) is 5.45. The molecule has 41 heavy (non-hydrogen) atoms. The summed E-state index contributed by atoms with van der Waals surface area (Å²) in [5, 5.41) is 0. The fraction of sp³-hybridized carbons (Fsp3) is 0.111. The molecule has 4 rings (SSSR count). The van der Waals surface area contributed by atoms with Crippen LogP contribution >= 0.6 is 22.6 Å². The Balaban J connectivity index is 0.000000228. The van der Waals surface area contributed by atoms with Crippen LogP contribution in [0.1, 0.15) is 26.3 Å². The molecular weight excluding hydrogens is 670 g/mol. The molecule has 0 atom stereocenters. The van der Waals surface area contributed by atoms with Crippen LogP contribution in [0.25, 0.3) is 0 Å². The van der Waals surface area contributed by atoms with E-state index in [0.717, 1.165) is 22.8 Å². The van der Waals surface area contributed by atoms with Crippen LogP contribution in [0, 0.1) is 15.2 Å². The second kappa shape index (κ2) is 13.8. The van der Waals surface area contributed by atoms with Gasteiger partial charge in [0.15, 0.2) is 0 Å². The summed E-state index contributed by atoms with van der Waals surface area (Å²) in [5.41, 5.74) is -1.38. The molecule has 0 aliphatic rings. The molecular formula is C27H18F5IN2O6. The second-order valence-electron chi connectivity index (χ2n) is 7.68. The Morgan fingerprint density at radius 2 is 1.12 bits per heavy atom. The van der Waals surface area contributed by atoms with Crippen LogP contribution in [0.2, 0.25) is 0 Å². The minimum Gasteiger partial charge on any atom is -0.465 e. The zero-order chi connectivity index (χ0) is 30.2. The molecule has 214 valence electrons. The lowest BCUT2D eigenvalue weighted by molar-refractivity contribution is -0.137. The Morgan fingerprint density at radius 1 is 0.707 bits per heavy atom. The standard InChI is InChI=1S/C14H9F4NO3.C13H9FINO3/c1-21-13(20)11-6-8(14(16,17)18)7-19-12(11)22-10-4-2-9(15)3-5-10;1-18-13(17)11-6-9(15)7-16-12(11)19-10-4-2-8(14)3-5-10/h2-7H,1H3;2-7H,1H3. The summed E-state index contributed by atoms with van der Waals surface area (Å²) in [4.78, 5) is 30.7. The third-order valence-electron chi connectivity index (χ3n) is 4.86. The van der Waals surface area contributed by atoms with Gasteiger partial charge in [0.05, 0.1) is 19.8 Å². The molecule has 0 N–H and O–H groups in total. The zero-order valence-corrected chi connectivity index (χ0v) is 23.2. The molecule has 14 heteroatoms. The average Bonchev–Trinajstić information content (AvgIpc) is 2.95. The normalized spacial score (nSPS) is 10.6. The van der Waals surface area contributed by atoms with Gasteiger partial charge in [-0.1, -0.05) is 0 Å². The van der Waals surface area contributed by atoms with Crippen LogP contribution in [0.3, 0.4) is 0 Å². The van der Waals surface area contributed by atoms with Crippen LogP contribution in [0.15, 0.2) is 73.1 Å². The van der Waals surface area contributed by atoms with Gasteiger partial charge in [-0.05, 0) is 83.3 Å². The van der Waals surface area contributed by atoms with Gasteiger partial charge in [-0.15, -0.1) is 0 Å². The van der Waals surface area contributed by atoms with E-state index in [9.17, 15) is 31.5 Å². The summed E-state index contributed by atoms with van der Waals surface area (Å²) in [7, 11) is 2.30. The van der Waals surface area contributed by atoms with Gasteiger partial charge >= 0.3 is 18.1 Å². The molecule has 0 saturated carbocycles. The van der Waals surface area contributed by atoms with Gasteiger partial charge in [-0.2, -0.15) is 13.2 Å². The molecule has 8 nitrogen and oxygen atoms in total. The zero-order valence-electron chi connectivity index (χ0n) is 21.0. The van der Waals surface area contributed by atoms with Crippen LogP contribution in [-0.4, -0.2) is 36.1 Å². The maximum atomic E-state index is 12.8. The minimum atomic E-state index is -4.66. The number of carbonyl (C=O) groups is 2. The largest absolute Gasteiger partial charge is 0.465 e. The Kier molecular flexibility index (Phi) is 10.5. The van der Waals surface area contributed by atoms with Crippen molar-refractivity contribution in [2.45, 2.75) is 6.18 Å². The molecule has 0 spiro atoms. The Hall–Kier alpha value is -4.34. The Labute approximate surface area is 243 Å². The first kappa shape index (κ1) is 31.2. The van der Waals surface area contributed by atoms with Crippen molar-refractivity contribution in [2.24, 2.45) is 0 Å². The predicted octanol–water partition coefficient (Wildman–Crippen LogP) is 7.22. The van der Waals surface area contributed by atoms with Gasteiger partial charge in [-0.25, -0.2) is 28.3 Å². The van der Waals surface area contributed by atoms with Gasteiger partial charge in [0.25, 0.3) is 0 Å². The molecule has 0 fully saturated rings. The summed E-state index contributed by atoms with van der Waals surface area (Å²) in [5.74, 6) is -2.19. The molecule has 0 aliphatic heterocycles. The third kappa shape index (κ3) is 8.83. The molecule has 0 radical (unpaired) electrons. The van der Waals surface area contributed by atoms with Crippen LogP contribution in [0.5, 0.6) is 23.3 Å².